The van der Waals surface area contributed by atoms with E-state index in [9.17, 15) is 32.3 Å². The molecular weight excluding hydrogens is 742 g/mol. The fraction of sp³-hybridized carbons (Fsp3) is 0.429. The third-order valence-corrected chi connectivity index (χ3v) is 12.6. The molecule has 0 unspecified atom stereocenters. The van der Waals surface area contributed by atoms with Crippen molar-refractivity contribution in [2.24, 2.45) is 23.7 Å². The highest BCUT2D eigenvalue weighted by Crippen LogP contribution is 2.58. The largest absolute Gasteiger partial charge is 0.490 e. The maximum Gasteiger partial charge on any atom is 0.434 e. The van der Waals surface area contributed by atoms with Gasteiger partial charge in [0.25, 0.3) is 5.91 Å². The van der Waals surface area contributed by atoms with Crippen LogP contribution in [0.3, 0.4) is 0 Å². The number of nitrogens with zero attached hydrogens (tertiary/aromatic N) is 6. The third-order valence-electron chi connectivity index (χ3n) is 12.6. The molecule has 4 heterocycles. The highest BCUT2D eigenvalue weighted by molar-refractivity contribution is 6.00. The molecule has 57 heavy (non-hydrogen) atoms. The fourth-order valence-corrected chi connectivity index (χ4v) is 10.1. The second-order valence-electron chi connectivity index (χ2n) is 16.0. The average Bonchev–Trinajstić information content (AvgIpc) is 3.56. The van der Waals surface area contributed by atoms with E-state index in [1.807, 2.05) is 45.9 Å². The number of anilines is 1. The topological polar surface area (TPSA) is 135 Å². The van der Waals surface area contributed by atoms with Gasteiger partial charge in [-0.15, -0.1) is 0 Å². The van der Waals surface area contributed by atoms with Crippen LogP contribution < -0.4 is 15.0 Å². The van der Waals surface area contributed by atoms with Crippen LogP contribution in [0.4, 0.5) is 23.5 Å². The van der Waals surface area contributed by atoms with Gasteiger partial charge in [-0.3, -0.25) is 4.79 Å². The number of nitrogens with one attached hydrogen (secondary N) is 1. The molecule has 2 N–H and O–H groups in total. The zero-order valence-electron chi connectivity index (χ0n) is 31.0. The van der Waals surface area contributed by atoms with Gasteiger partial charge in [-0.05, 0) is 79.9 Å². The summed E-state index contributed by atoms with van der Waals surface area (Å²) in [7, 11) is 0. The van der Waals surface area contributed by atoms with Crippen LogP contribution in [0.1, 0.15) is 66.6 Å². The Morgan fingerprint density at radius 1 is 0.912 bits per heavy atom. The summed E-state index contributed by atoms with van der Waals surface area (Å²) in [5.74, 6) is -1.93. The molecule has 5 aliphatic rings. The maximum absolute atomic E-state index is 14.8. The second kappa shape index (κ2) is 14.4. The molecule has 2 aromatic carbocycles. The van der Waals surface area contributed by atoms with Crippen LogP contribution in [-0.2, 0) is 23.9 Å². The van der Waals surface area contributed by atoms with Gasteiger partial charge in [0, 0.05) is 61.9 Å². The molecule has 15 heteroatoms. The van der Waals surface area contributed by atoms with E-state index in [1.54, 1.807) is 18.3 Å². The molecule has 296 valence electrons. The molecule has 4 aliphatic carbocycles. The minimum absolute atomic E-state index is 0.123. The predicted molar refractivity (Wildman–Crippen MR) is 201 cm³/mol. The van der Waals surface area contributed by atoms with E-state index in [0.717, 1.165) is 30.6 Å². The van der Waals surface area contributed by atoms with Crippen LogP contribution in [0.5, 0.6) is 5.75 Å². The molecule has 11 nitrogen and oxygen atoms in total. The van der Waals surface area contributed by atoms with Crippen molar-refractivity contribution in [3.8, 4) is 17.1 Å². The number of rotatable bonds is 10. The smallest absolute Gasteiger partial charge is 0.434 e. The molecular formula is C42H41F4N7O4. The Labute approximate surface area is 325 Å². The number of aryl methyl sites for hydroxylation is 2. The number of aliphatic carboxylic acids is 1. The van der Waals surface area contributed by atoms with Gasteiger partial charge in [0.15, 0.2) is 17.3 Å². The molecule has 1 amide bonds. The number of halogens is 4. The number of piperidine rings is 1. The molecule has 1 saturated heterocycles. The fourth-order valence-electron chi connectivity index (χ4n) is 10.1. The van der Waals surface area contributed by atoms with Crippen molar-refractivity contribution in [1.82, 2.24) is 29.8 Å². The van der Waals surface area contributed by atoms with Gasteiger partial charge in [-0.2, -0.15) is 13.2 Å². The molecule has 0 radical (unpaired) electrons. The maximum atomic E-state index is 14.8. The minimum atomic E-state index is -5.03. The van der Waals surface area contributed by atoms with E-state index in [-0.39, 0.29) is 23.8 Å². The summed E-state index contributed by atoms with van der Waals surface area (Å²) in [6.45, 7) is 1.72. The summed E-state index contributed by atoms with van der Waals surface area (Å²) in [5, 5.41) is 13.7. The molecule has 0 atom stereocenters. The van der Waals surface area contributed by atoms with Crippen molar-refractivity contribution in [1.29, 1.82) is 0 Å². The molecule has 0 spiro atoms. The number of amides is 1. The first-order valence-electron chi connectivity index (χ1n) is 19.5. The molecule has 1 aliphatic heterocycles. The Morgan fingerprint density at radius 3 is 2.25 bits per heavy atom. The summed E-state index contributed by atoms with van der Waals surface area (Å²) in [6.07, 6.45) is 5.28. The van der Waals surface area contributed by atoms with Crippen LogP contribution in [0, 0.1) is 29.5 Å². The van der Waals surface area contributed by atoms with Gasteiger partial charge in [-0.1, -0.05) is 30.3 Å². The van der Waals surface area contributed by atoms with Gasteiger partial charge in [0.05, 0.1) is 23.5 Å². The lowest BCUT2D eigenvalue weighted by Crippen LogP contribution is -2.70. The number of aromatic nitrogens is 5. The van der Waals surface area contributed by atoms with E-state index in [0.29, 0.717) is 105 Å². The average molecular weight is 784 g/mol. The first kappa shape index (κ1) is 37.0. The van der Waals surface area contributed by atoms with Crippen LogP contribution in [0.15, 0.2) is 73.3 Å². The summed E-state index contributed by atoms with van der Waals surface area (Å²) in [6, 6.07) is 15.2. The standard InChI is InChI=1S/C42H41F4N7O4/c43-29-20-48-40(49-21-29)52-12-9-30(10-13-52)57-31-6-7-32-34(23-53(35(32)19-31)11-8-24-4-2-1-3-5-24)37-47-22-33(36(50-37)42(44,45)46)38(54)51-41(39(55)56)27-15-25-14-26(17-27)18-28(41)16-25/h1-7,19-23,25-28,30H,8-18H2,(H,51,54)(H,55,56). The Morgan fingerprint density at radius 2 is 1.60 bits per heavy atom. The number of carboxylic acids is 1. The number of alkyl halides is 3. The molecule has 5 fully saturated rings. The van der Waals surface area contributed by atoms with Gasteiger partial charge < -0.3 is 24.6 Å². The van der Waals surface area contributed by atoms with Crippen LogP contribution >= 0.6 is 0 Å². The van der Waals surface area contributed by atoms with Gasteiger partial charge in [0.1, 0.15) is 17.4 Å². The molecule has 10 rings (SSSR count). The predicted octanol–water partition coefficient (Wildman–Crippen LogP) is 7.35. The third kappa shape index (κ3) is 6.94. The zero-order chi connectivity index (χ0) is 39.5. The second-order valence-corrected chi connectivity index (χ2v) is 16.0. The lowest BCUT2D eigenvalue weighted by molar-refractivity contribution is -0.163. The van der Waals surface area contributed by atoms with Gasteiger partial charge in [0.2, 0.25) is 5.95 Å². The van der Waals surface area contributed by atoms with Crippen molar-refractivity contribution >= 4 is 28.7 Å². The van der Waals surface area contributed by atoms with Crippen LogP contribution in [-0.4, -0.2) is 66.2 Å². The summed E-state index contributed by atoms with van der Waals surface area (Å²) in [5.41, 5.74) is -1.73. The zero-order valence-corrected chi connectivity index (χ0v) is 31.0. The number of fused-ring (bicyclic) bond motifs is 1. The van der Waals surface area contributed by atoms with Gasteiger partial charge >= 0.3 is 12.1 Å². The summed E-state index contributed by atoms with van der Waals surface area (Å²) in [4.78, 5) is 45.2. The van der Waals surface area contributed by atoms with Crippen LogP contribution in [0.2, 0.25) is 0 Å². The van der Waals surface area contributed by atoms with Crippen molar-refractivity contribution in [3.05, 3.63) is 96.0 Å². The number of ether oxygens (including phenoxy) is 1. The van der Waals surface area contributed by atoms with E-state index >= 15 is 0 Å². The van der Waals surface area contributed by atoms with Crippen molar-refractivity contribution in [2.75, 3.05) is 18.0 Å². The first-order chi connectivity index (χ1) is 27.4. The SMILES string of the molecule is O=C(NC1(C(=O)O)C2CC3CC(C2)CC1C3)c1cnc(-c2cn(CCc3ccccc3)c3cc(OC4CCN(c5ncc(F)cn5)CC4)ccc23)nc1C(F)(F)F. The Bertz CT molecular complexity index is 2280. The van der Waals surface area contributed by atoms with Crippen molar-refractivity contribution in [3.63, 3.8) is 0 Å². The lowest BCUT2D eigenvalue weighted by atomic mass is 9.48. The Hall–Kier alpha value is -5.60. The molecule has 5 aromatic rings. The highest BCUT2D eigenvalue weighted by atomic mass is 19.4. The quantitative estimate of drug-likeness (QED) is 0.140. The van der Waals surface area contributed by atoms with Crippen molar-refractivity contribution in [2.45, 2.75) is 75.7 Å². The highest BCUT2D eigenvalue weighted by Gasteiger charge is 2.62. The monoisotopic (exact) mass is 783 g/mol. The number of carbonyl (C=O) groups is 2. The molecule has 3 aromatic heterocycles. The van der Waals surface area contributed by atoms with E-state index in [2.05, 4.69) is 25.3 Å². The first-order valence-corrected chi connectivity index (χ1v) is 19.5. The number of hydrogen-bond donors (Lipinski definition) is 2. The Kier molecular flexibility index (Phi) is 9.35. The molecule has 4 bridgehead atoms. The number of benzene rings is 2. The lowest BCUT2D eigenvalue weighted by Gasteiger charge is -2.59. The van der Waals surface area contributed by atoms with E-state index in [1.165, 1.54) is 0 Å². The number of carbonyl (C=O) groups excluding carboxylic acids is 1. The minimum Gasteiger partial charge on any atom is -0.490 e. The Balaban J connectivity index is 1.01. The van der Waals surface area contributed by atoms with E-state index in [4.69, 9.17) is 4.74 Å². The van der Waals surface area contributed by atoms with E-state index < -0.39 is 40.7 Å². The summed E-state index contributed by atoms with van der Waals surface area (Å²) >= 11 is 0. The van der Waals surface area contributed by atoms with Crippen molar-refractivity contribution < 1.29 is 37.0 Å². The summed E-state index contributed by atoms with van der Waals surface area (Å²) < 4.78 is 66.2. The number of carboxylic acid groups (broad SMARTS) is 1. The van der Waals surface area contributed by atoms with Crippen LogP contribution in [0.25, 0.3) is 22.3 Å². The molecule has 4 saturated carbocycles. The normalized spacial score (nSPS) is 24.5. The number of hydrogen-bond acceptors (Lipinski definition) is 8. The van der Waals surface area contributed by atoms with Gasteiger partial charge in [-0.25, -0.2) is 29.1 Å².